The van der Waals surface area contributed by atoms with Gasteiger partial charge in [-0.2, -0.15) is 0 Å². The quantitative estimate of drug-likeness (QED) is 0.144. The predicted octanol–water partition coefficient (Wildman–Crippen LogP) is 8.69. The Kier molecular flexibility index (Phi) is 21.8. The fourth-order valence-electron chi connectivity index (χ4n) is 4.67. The predicted molar refractivity (Wildman–Crippen MR) is 143 cm³/mol. The Bertz CT molecular complexity index is 402. The zero-order valence-electron chi connectivity index (χ0n) is 22.6. The summed E-state index contributed by atoms with van der Waals surface area (Å²) in [6.07, 6.45) is 26.7. The van der Waals surface area contributed by atoms with Crippen LogP contribution in [-0.2, 0) is 4.79 Å². The molecule has 0 rings (SSSR count). The Morgan fingerprint density at radius 3 is 1.53 bits per heavy atom. The summed E-state index contributed by atoms with van der Waals surface area (Å²) < 4.78 is 0. The van der Waals surface area contributed by atoms with Crippen LogP contribution < -0.4 is 11.1 Å². The van der Waals surface area contributed by atoms with Crippen molar-refractivity contribution in [2.75, 3.05) is 6.54 Å². The van der Waals surface area contributed by atoms with Crippen LogP contribution in [0.5, 0.6) is 0 Å². The van der Waals surface area contributed by atoms with Crippen molar-refractivity contribution in [3.63, 3.8) is 0 Å². The van der Waals surface area contributed by atoms with Crippen LogP contribution in [0.25, 0.3) is 0 Å². The summed E-state index contributed by atoms with van der Waals surface area (Å²) in [5.74, 6) is 0.786. The first-order chi connectivity index (χ1) is 15.4. The van der Waals surface area contributed by atoms with E-state index in [9.17, 15) is 4.79 Å². The van der Waals surface area contributed by atoms with Gasteiger partial charge in [0.05, 0.1) is 0 Å². The van der Waals surface area contributed by atoms with Gasteiger partial charge in [0.1, 0.15) is 0 Å². The third-order valence-corrected chi connectivity index (χ3v) is 7.02. The maximum absolute atomic E-state index is 12.1. The maximum Gasteiger partial charge on any atom is 0.219 e. The molecule has 0 bridgehead atoms. The Morgan fingerprint density at radius 1 is 0.656 bits per heavy atom. The summed E-state index contributed by atoms with van der Waals surface area (Å²) in [6.45, 7) is 9.68. The molecule has 0 spiro atoms. The smallest absolute Gasteiger partial charge is 0.219 e. The third-order valence-electron chi connectivity index (χ3n) is 7.02. The largest absolute Gasteiger partial charge is 0.356 e. The molecule has 0 radical (unpaired) electrons. The summed E-state index contributed by atoms with van der Waals surface area (Å²) in [5, 5.41) is 3.13. The molecule has 0 aliphatic rings. The van der Waals surface area contributed by atoms with Crippen molar-refractivity contribution in [1.82, 2.24) is 5.32 Å². The molecule has 3 N–H and O–H groups in total. The average molecular weight is 453 g/mol. The average Bonchev–Trinajstić information content (AvgIpc) is 2.75. The highest BCUT2D eigenvalue weighted by atomic mass is 16.1. The second kappa shape index (κ2) is 22.2. The van der Waals surface area contributed by atoms with Crippen molar-refractivity contribution in [2.45, 2.75) is 168 Å². The summed E-state index contributed by atoms with van der Waals surface area (Å²) >= 11 is 0. The molecule has 0 aromatic rings. The van der Waals surface area contributed by atoms with E-state index in [1.807, 2.05) is 0 Å². The van der Waals surface area contributed by atoms with Crippen molar-refractivity contribution < 1.29 is 4.79 Å². The first-order valence-electron chi connectivity index (χ1n) is 14.5. The number of hydrogen-bond acceptors (Lipinski definition) is 2. The van der Waals surface area contributed by atoms with Crippen molar-refractivity contribution in [1.29, 1.82) is 0 Å². The van der Waals surface area contributed by atoms with E-state index in [-0.39, 0.29) is 11.4 Å². The summed E-state index contributed by atoms with van der Waals surface area (Å²) in [4.78, 5) is 12.1. The van der Waals surface area contributed by atoms with Gasteiger partial charge in [0.15, 0.2) is 0 Å². The third kappa shape index (κ3) is 21.3. The van der Waals surface area contributed by atoms with Gasteiger partial charge in [0.25, 0.3) is 0 Å². The number of nitrogens with one attached hydrogen (secondary N) is 1. The first-order valence-corrected chi connectivity index (χ1v) is 14.5. The number of amides is 1. The van der Waals surface area contributed by atoms with Gasteiger partial charge < -0.3 is 11.1 Å². The highest BCUT2D eigenvalue weighted by Crippen LogP contribution is 2.26. The van der Waals surface area contributed by atoms with Crippen molar-refractivity contribution in [3.8, 4) is 0 Å². The molecule has 0 saturated heterocycles. The molecule has 1 atom stereocenters. The highest BCUT2D eigenvalue weighted by Gasteiger charge is 2.24. The molecule has 1 amide bonds. The van der Waals surface area contributed by atoms with Crippen LogP contribution in [0.3, 0.4) is 0 Å². The molecule has 0 heterocycles. The molecule has 1 unspecified atom stereocenters. The standard InChI is InChI=1S/C29H60N2O/c1-5-7-9-11-13-14-15-17-18-20-23-27(29(3,4)30)24-22-26-31-28(32)25-21-19-16-12-10-8-6-2/h27H,5-26,30H2,1-4H3,(H,31,32). The molecule has 0 aromatic carbocycles. The summed E-state index contributed by atoms with van der Waals surface area (Å²) in [5.41, 5.74) is 6.36. The monoisotopic (exact) mass is 452 g/mol. The summed E-state index contributed by atoms with van der Waals surface area (Å²) in [7, 11) is 0. The van der Waals surface area contributed by atoms with E-state index in [2.05, 4.69) is 33.0 Å². The zero-order valence-corrected chi connectivity index (χ0v) is 22.6. The van der Waals surface area contributed by atoms with Crippen LogP contribution in [0.15, 0.2) is 0 Å². The second-order valence-electron chi connectivity index (χ2n) is 10.9. The van der Waals surface area contributed by atoms with Gasteiger partial charge in [-0.25, -0.2) is 0 Å². The van der Waals surface area contributed by atoms with Crippen LogP contribution in [0.2, 0.25) is 0 Å². The van der Waals surface area contributed by atoms with Gasteiger partial charge >= 0.3 is 0 Å². The number of hydrogen-bond donors (Lipinski definition) is 2. The minimum Gasteiger partial charge on any atom is -0.356 e. The van der Waals surface area contributed by atoms with E-state index in [1.165, 1.54) is 109 Å². The molecule has 3 heteroatoms. The minimum absolute atomic E-state index is 0.124. The number of carbonyl (C=O) groups excluding carboxylic acids is 1. The molecular formula is C29H60N2O. The lowest BCUT2D eigenvalue weighted by atomic mass is 9.81. The normalized spacial score (nSPS) is 12.8. The van der Waals surface area contributed by atoms with E-state index in [4.69, 9.17) is 5.73 Å². The molecule has 32 heavy (non-hydrogen) atoms. The number of unbranched alkanes of at least 4 members (excludes halogenated alkanes) is 15. The Labute approximate surface area is 202 Å². The minimum atomic E-state index is -0.124. The van der Waals surface area contributed by atoms with Crippen molar-refractivity contribution in [3.05, 3.63) is 0 Å². The first kappa shape index (κ1) is 31.4. The van der Waals surface area contributed by atoms with Crippen LogP contribution in [0.1, 0.15) is 163 Å². The molecule has 0 aliphatic carbocycles. The molecular weight excluding hydrogens is 392 g/mol. The molecule has 0 aliphatic heterocycles. The van der Waals surface area contributed by atoms with Gasteiger partial charge in [-0.1, -0.05) is 117 Å². The number of nitrogens with two attached hydrogens (primary N) is 1. The van der Waals surface area contributed by atoms with Crippen molar-refractivity contribution >= 4 is 5.91 Å². The van der Waals surface area contributed by atoms with Crippen molar-refractivity contribution in [2.24, 2.45) is 11.7 Å². The number of carbonyl (C=O) groups is 1. The van der Waals surface area contributed by atoms with Crippen LogP contribution >= 0.6 is 0 Å². The molecule has 0 saturated carbocycles. The Hall–Kier alpha value is -0.570. The Balaban J connectivity index is 3.73. The lowest BCUT2D eigenvalue weighted by Gasteiger charge is -2.31. The maximum atomic E-state index is 12.1. The molecule has 0 aromatic heterocycles. The highest BCUT2D eigenvalue weighted by molar-refractivity contribution is 5.75. The summed E-state index contributed by atoms with van der Waals surface area (Å²) in [6, 6.07) is 0. The fourth-order valence-corrected chi connectivity index (χ4v) is 4.67. The zero-order chi connectivity index (χ0) is 23.9. The van der Waals surface area contributed by atoms with E-state index in [1.54, 1.807) is 0 Å². The van der Waals surface area contributed by atoms with E-state index >= 15 is 0 Å². The van der Waals surface area contributed by atoms with E-state index in [0.717, 1.165) is 25.8 Å². The van der Waals surface area contributed by atoms with E-state index < -0.39 is 0 Å². The van der Waals surface area contributed by atoms with Gasteiger partial charge in [-0.3, -0.25) is 4.79 Å². The Morgan fingerprint density at radius 2 is 1.06 bits per heavy atom. The molecule has 3 nitrogen and oxygen atoms in total. The van der Waals surface area contributed by atoms with E-state index in [0.29, 0.717) is 12.3 Å². The SMILES string of the molecule is CCCCCCCCCCCCC(CCCNC(=O)CCCCCCCCC)C(C)(C)N. The fraction of sp³-hybridized carbons (Fsp3) is 0.966. The lowest BCUT2D eigenvalue weighted by Crippen LogP contribution is -2.41. The molecule has 192 valence electrons. The number of rotatable bonds is 24. The van der Waals surface area contributed by atoms with Gasteiger partial charge in [-0.15, -0.1) is 0 Å². The van der Waals surface area contributed by atoms with Gasteiger partial charge in [0.2, 0.25) is 5.91 Å². The van der Waals surface area contributed by atoms with Gasteiger partial charge in [-0.05, 0) is 45.4 Å². The van der Waals surface area contributed by atoms with Gasteiger partial charge in [0, 0.05) is 18.5 Å². The second-order valence-corrected chi connectivity index (χ2v) is 10.9. The molecule has 0 fully saturated rings. The van der Waals surface area contributed by atoms with Crippen LogP contribution in [0.4, 0.5) is 0 Å². The topological polar surface area (TPSA) is 55.1 Å². The lowest BCUT2D eigenvalue weighted by molar-refractivity contribution is -0.121. The van der Waals surface area contributed by atoms with Crippen LogP contribution in [0, 0.1) is 5.92 Å². The van der Waals surface area contributed by atoms with Crippen LogP contribution in [-0.4, -0.2) is 18.0 Å².